The Labute approximate surface area is 181 Å². The molecular weight excluding hydrogens is 398 g/mol. The molecular formula is C22H31N5O4. The lowest BCUT2D eigenvalue weighted by Crippen LogP contribution is -2.49. The van der Waals surface area contributed by atoms with Crippen LogP contribution in [0, 0.1) is 5.92 Å². The number of aryl methyl sites for hydroxylation is 2. The number of rotatable bonds is 6. The molecule has 168 valence electrons. The number of ether oxygens (including phenoxy) is 1. The van der Waals surface area contributed by atoms with Crippen LogP contribution in [0.2, 0.25) is 0 Å². The molecule has 2 aliphatic rings. The van der Waals surface area contributed by atoms with E-state index in [1.54, 1.807) is 23.2 Å². The van der Waals surface area contributed by atoms with E-state index in [1.165, 1.54) is 0 Å². The van der Waals surface area contributed by atoms with Gasteiger partial charge in [-0.15, -0.1) is 0 Å². The molecule has 1 aromatic carbocycles. The Hall–Kier alpha value is -2.65. The molecule has 1 N–H and O–H groups in total. The molecule has 4 rings (SSSR count). The van der Waals surface area contributed by atoms with Crippen molar-refractivity contribution in [3.63, 3.8) is 0 Å². The van der Waals surface area contributed by atoms with E-state index >= 15 is 0 Å². The molecule has 9 heteroatoms. The maximum atomic E-state index is 12.8. The predicted molar refractivity (Wildman–Crippen MR) is 117 cm³/mol. The van der Waals surface area contributed by atoms with E-state index in [2.05, 4.69) is 10.2 Å². The maximum Gasteiger partial charge on any atom is 0.328 e. The summed E-state index contributed by atoms with van der Waals surface area (Å²) in [6.07, 6.45) is 1.00. The summed E-state index contributed by atoms with van der Waals surface area (Å²) in [5, 5.41) is 3.02. The monoisotopic (exact) mass is 429 g/mol. The van der Waals surface area contributed by atoms with E-state index in [0.717, 1.165) is 49.4 Å². The summed E-state index contributed by atoms with van der Waals surface area (Å²) in [5.74, 6) is -0.0779. The molecule has 2 fully saturated rings. The molecule has 2 amide bonds. The smallest absolute Gasteiger partial charge is 0.328 e. The number of nitrogens with one attached hydrogen (secondary N) is 1. The molecule has 3 heterocycles. The lowest BCUT2D eigenvalue weighted by molar-refractivity contribution is -0.138. The number of likely N-dealkylation sites (tertiary alicyclic amines) is 1. The van der Waals surface area contributed by atoms with Crippen molar-refractivity contribution in [1.82, 2.24) is 24.3 Å². The lowest BCUT2D eigenvalue weighted by atomic mass is 9.96. The lowest BCUT2D eigenvalue weighted by Gasteiger charge is -2.34. The van der Waals surface area contributed by atoms with Crippen molar-refractivity contribution >= 4 is 22.8 Å². The Morgan fingerprint density at radius 3 is 2.61 bits per heavy atom. The van der Waals surface area contributed by atoms with Crippen molar-refractivity contribution in [1.29, 1.82) is 0 Å². The van der Waals surface area contributed by atoms with Crippen LogP contribution in [0.1, 0.15) is 18.4 Å². The summed E-state index contributed by atoms with van der Waals surface area (Å²) >= 11 is 0. The number of fused-ring (bicyclic) bond motifs is 1. The summed E-state index contributed by atoms with van der Waals surface area (Å²) in [6, 6.07) is 5.78. The average molecular weight is 430 g/mol. The number of imidazole rings is 1. The number of hydrogen-bond acceptors (Lipinski definition) is 5. The third-order valence-corrected chi connectivity index (χ3v) is 6.46. The highest BCUT2D eigenvalue weighted by Gasteiger charge is 2.30. The highest BCUT2D eigenvalue weighted by molar-refractivity contribution is 5.84. The Morgan fingerprint density at radius 1 is 1.10 bits per heavy atom. The van der Waals surface area contributed by atoms with Gasteiger partial charge in [0, 0.05) is 59.8 Å². The van der Waals surface area contributed by atoms with Gasteiger partial charge >= 0.3 is 5.69 Å². The first-order chi connectivity index (χ1) is 14.9. The summed E-state index contributed by atoms with van der Waals surface area (Å²) < 4.78 is 8.59. The number of benzene rings is 1. The molecule has 2 aromatic rings. The van der Waals surface area contributed by atoms with Crippen molar-refractivity contribution in [3.8, 4) is 0 Å². The Kier molecular flexibility index (Phi) is 6.43. The van der Waals surface area contributed by atoms with Gasteiger partial charge in [0.15, 0.2) is 0 Å². The molecule has 9 nitrogen and oxygen atoms in total. The number of amides is 2. The van der Waals surface area contributed by atoms with Gasteiger partial charge in [0.05, 0.1) is 30.2 Å². The fraction of sp³-hybridized carbons (Fsp3) is 0.591. The second kappa shape index (κ2) is 9.23. The van der Waals surface area contributed by atoms with Crippen molar-refractivity contribution < 1.29 is 14.3 Å². The predicted octanol–water partition coefficient (Wildman–Crippen LogP) is 0.0640. The highest BCUT2D eigenvalue weighted by atomic mass is 16.5. The quantitative estimate of drug-likeness (QED) is 0.702. The number of hydrogen-bond donors (Lipinski definition) is 1. The van der Waals surface area contributed by atoms with Crippen molar-refractivity contribution in [2.45, 2.75) is 19.4 Å². The largest absolute Gasteiger partial charge is 0.379 e. The van der Waals surface area contributed by atoms with Crippen LogP contribution in [0.5, 0.6) is 0 Å². The summed E-state index contributed by atoms with van der Waals surface area (Å²) in [6.45, 7) is 5.61. The van der Waals surface area contributed by atoms with Crippen LogP contribution in [-0.2, 0) is 35.0 Å². The third-order valence-electron chi connectivity index (χ3n) is 6.46. The third kappa shape index (κ3) is 4.67. The van der Waals surface area contributed by atoms with E-state index in [0.29, 0.717) is 32.5 Å². The van der Waals surface area contributed by atoms with E-state index in [-0.39, 0.29) is 23.4 Å². The number of carbonyl (C=O) groups is 2. The van der Waals surface area contributed by atoms with Crippen molar-refractivity contribution in [2.24, 2.45) is 20.0 Å². The van der Waals surface area contributed by atoms with Gasteiger partial charge in [-0.25, -0.2) is 4.79 Å². The molecule has 2 aliphatic heterocycles. The summed E-state index contributed by atoms with van der Waals surface area (Å²) in [4.78, 5) is 41.3. The Balaban J connectivity index is 1.32. The van der Waals surface area contributed by atoms with Crippen LogP contribution in [-0.4, -0.2) is 76.7 Å². The highest BCUT2D eigenvalue weighted by Crippen LogP contribution is 2.19. The van der Waals surface area contributed by atoms with Crippen LogP contribution in [0.3, 0.4) is 0 Å². The van der Waals surface area contributed by atoms with Gasteiger partial charge in [-0.05, 0) is 24.1 Å². The van der Waals surface area contributed by atoms with Gasteiger partial charge < -0.3 is 15.0 Å². The molecule has 2 saturated heterocycles. The summed E-state index contributed by atoms with van der Waals surface area (Å²) in [7, 11) is 3.50. The first kappa shape index (κ1) is 21.6. The van der Waals surface area contributed by atoms with Gasteiger partial charge in [-0.2, -0.15) is 0 Å². The number of carbonyl (C=O) groups excluding carboxylic acids is 2. The molecule has 0 bridgehead atoms. The average Bonchev–Trinajstić information content (AvgIpc) is 3.01. The van der Waals surface area contributed by atoms with Crippen molar-refractivity contribution in [3.05, 3.63) is 34.2 Å². The van der Waals surface area contributed by atoms with Gasteiger partial charge in [0.1, 0.15) is 0 Å². The van der Waals surface area contributed by atoms with Crippen LogP contribution in [0.15, 0.2) is 23.0 Å². The summed E-state index contributed by atoms with van der Waals surface area (Å²) in [5.41, 5.74) is 2.58. The molecule has 0 spiro atoms. The zero-order valence-corrected chi connectivity index (χ0v) is 18.3. The fourth-order valence-electron chi connectivity index (χ4n) is 4.43. The number of aromatic nitrogens is 2. The van der Waals surface area contributed by atoms with Crippen molar-refractivity contribution in [2.75, 3.05) is 45.9 Å². The molecule has 1 aromatic heterocycles. The van der Waals surface area contributed by atoms with Crippen LogP contribution in [0.25, 0.3) is 11.0 Å². The first-order valence-electron chi connectivity index (χ1n) is 10.9. The maximum absolute atomic E-state index is 12.8. The van der Waals surface area contributed by atoms with Gasteiger partial charge in [0.25, 0.3) is 0 Å². The number of piperidine rings is 1. The van der Waals surface area contributed by atoms with Crippen LogP contribution in [0.4, 0.5) is 0 Å². The second-order valence-electron chi connectivity index (χ2n) is 8.47. The standard InChI is InChI=1S/C22H31N5O4/c1-24-18-5-3-16(13-19(18)25(2)22(24)30)14-23-21(29)17-4-6-20(28)27(15-17)8-7-26-9-11-31-12-10-26/h3,5,13,17H,4,6-12,14-15H2,1-2H3,(H,23,29). The van der Waals surface area contributed by atoms with Crippen LogP contribution >= 0.6 is 0 Å². The minimum Gasteiger partial charge on any atom is -0.379 e. The zero-order chi connectivity index (χ0) is 22.0. The minimum absolute atomic E-state index is 0.0223. The van der Waals surface area contributed by atoms with E-state index in [9.17, 15) is 14.4 Å². The molecule has 0 radical (unpaired) electrons. The Morgan fingerprint density at radius 2 is 1.84 bits per heavy atom. The number of nitrogens with zero attached hydrogens (tertiary/aromatic N) is 4. The molecule has 1 atom stereocenters. The normalized spacial score (nSPS) is 20.4. The number of morpholine rings is 1. The zero-order valence-electron chi connectivity index (χ0n) is 18.3. The molecule has 1 unspecified atom stereocenters. The fourth-order valence-corrected chi connectivity index (χ4v) is 4.43. The van der Waals surface area contributed by atoms with Gasteiger partial charge in [-0.1, -0.05) is 6.07 Å². The van der Waals surface area contributed by atoms with E-state index < -0.39 is 0 Å². The first-order valence-corrected chi connectivity index (χ1v) is 10.9. The van der Waals surface area contributed by atoms with E-state index in [4.69, 9.17) is 4.74 Å². The SMILES string of the molecule is Cn1c(=O)n(C)c2cc(CNC(=O)C3CCC(=O)N(CCN4CCOCC4)C3)ccc21. The molecule has 0 saturated carbocycles. The second-order valence-corrected chi connectivity index (χ2v) is 8.47. The van der Waals surface area contributed by atoms with Crippen LogP contribution < -0.4 is 11.0 Å². The van der Waals surface area contributed by atoms with E-state index in [1.807, 2.05) is 23.1 Å². The Bertz CT molecular complexity index is 1020. The molecule has 31 heavy (non-hydrogen) atoms. The minimum atomic E-state index is -0.188. The van der Waals surface area contributed by atoms with Gasteiger partial charge in [0.2, 0.25) is 11.8 Å². The molecule has 0 aliphatic carbocycles. The topological polar surface area (TPSA) is 88.8 Å². The van der Waals surface area contributed by atoms with Gasteiger partial charge in [-0.3, -0.25) is 23.6 Å².